The molecule has 0 radical (unpaired) electrons. The molecule has 1 amide bonds. The molecule has 1 fully saturated rings. The van der Waals surface area contributed by atoms with Gasteiger partial charge in [-0.3, -0.25) is 4.79 Å². The van der Waals surface area contributed by atoms with Crippen molar-refractivity contribution in [2.75, 3.05) is 38.5 Å². The normalized spacial score (nSPS) is 15.5. The Balaban J connectivity index is 1.55. The van der Waals surface area contributed by atoms with E-state index in [1.165, 1.54) is 16.4 Å². The van der Waals surface area contributed by atoms with Crippen LogP contribution in [0.4, 0.5) is 5.69 Å². The standard InChI is InChI=1S/C19H23N3O4S/c1-15-3-2-4-17(13-15)26-14-19(23)21-9-11-22(12-10-21)27(24,25)18-7-5-16(20)6-8-18/h2-8,13H,9-12,14,20H2,1H3. The molecule has 1 aliphatic heterocycles. The number of anilines is 1. The third-order valence-electron chi connectivity index (χ3n) is 4.46. The number of amides is 1. The van der Waals surface area contributed by atoms with E-state index in [1.807, 2.05) is 25.1 Å². The van der Waals surface area contributed by atoms with Crippen molar-refractivity contribution < 1.29 is 17.9 Å². The zero-order valence-electron chi connectivity index (χ0n) is 15.2. The third kappa shape index (κ3) is 4.58. The van der Waals surface area contributed by atoms with Crippen LogP contribution >= 0.6 is 0 Å². The molecule has 27 heavy (non-hydrogen) atoms. The lowest BCUT2D eigenvalue weighted by molar-refractivity contribution is -0.134. The first-order valence-corrected chi connectivity index (χ1v) is 10.1. The van der Waals surface area contributed by atoms with Gasteiger partial charge in [0, 0.05) is 31.9 Å². The molecule has 2 N–H and O–H groups in total. The van der Waals surface area contributed by atoms with Gasteiger partial charge in [0.2, 0.25) is 10.0 Å². The van der Waals surface area contributed by atoms with Crippen LogP contribution < -0.4 is 10.5 Å². The number of aryl methyl sites for hydroxylation is 1. The summed E-state index contributed by atoms with van der Waals surface area (Å²) >= 11 is 0. The lowest BCUT2D eigenvalue weighted by Crippen LogP contribution is -2.51. The second kappa shape index (κ2) is 7.98. The van der Waals surface area contributed by atoms with Crippen molar-refractivity contribution in [3.05, 3.63) is 54.1 Å². The Kier molecular flexibility index (Phi) is 5.67. The molecule has 8 heteroatoms. The highest BCUT2D eigenvalue weighted by atomic mass is 32.2. The van der Waals surface area contributed by atoms with E-state index in [0.29, 0.717) is 24.5 Å². The topological polar surface area (TPSA) is 92.9 Å². The van der Waals surface area contributed by atoms with Crippen LogP contribution in [0, 0.1) is 6.92 Å². The van der Waals surface area contributed by atoms with Gasteiger partial charge in [0.1, 0.15) is 5.75 Å². The Labute approximate surface area is 159 Å². The molecule has 0 aromatic heterocycles. The molecule has 1 saturated heterocycles. The van der Waals surface area contributed by atoms with Gasteiger partial charge in [-0.15, -0.1) is 0 Å². The van der Waals surface area contributed by atoms with Gasteiger partial charge in [-0.2, -0.15) is 4.31 Å². The fourth-order valence-electron chi connectivity index (χ4n) is 2.91. The molecule has 0 saturated carbocycles. The highest BCUT2D eigenvalue weighted by molar-refractivity contribution is 7.89. The first-order chi connectivity index (χ1) is 12.9. The number of nitrogens with two attached hydrogens (primary N) is 1. The van der Waals surface area contributed by atoms with Crippen LogP contribution in [-0.2, 0) is 14.8 Å². The Morgan fingerprint density at radius 3 is 2.37 bits per heavy atom. The SMILES string of the molecule is Cc1cccc(OCC(=O)N2CCN(S(=O)(=O)c3ccc(N)cc3)CC2)c1. The summed E-state index contributed by atoms with van der Waals surface area (Å²) < 4.78 is 32.3. The molecule has 0 atom stereocenters. The van der Waals surface area contributed by atoms with E-state index < -0.39 is 10.0 Å². The average Bonchev–Trinajstić information content (AvgIpc) is 2.66. The van der Waals surface area contributed by atoms with Crippen molar-refractivity contribution in [1.29, 1.82) is 0 Å². The zero-order chi connectivity index (χ0) is 19.4. The number of ether oxygens (including phenoxy) is 1. The van der Waals surface area contributed by atoms with Crippen molar-refractivity contribution in [2.45, 2.75) is 11.8 Å². The number of hydrogen-bond acceptors (Lipinski definition) is 5. The van der Waals surface area contributed by atoms with E-state index in [-0.39, 0.29) is 30.5 Å². The highest BCUT2D eigenvalue weighted by Gasteiger charge is 2.30. The van der Waals surface area contributed by atoms with Crippen molar-refractivity contribution in [2.24, 2.45) is 0 Å². The summed E-state index contributed by atoms with van der Waals surface area (Å²) in [5.74, 6) is 0.494. The molecule has 2 aromatic rings. The van der Waals surface area contributed by atoms with Gasteiger partial charge >= 0.3 is 0 Å². The summed E-state index contributed by atoms with van der Waals surface area (Å²) in [5, 5.41) is 0. The number of sulfonamides is 1. The Morgan fingerprint density at radius 1 is 1.07 bits per heavy atom. The molecular weight excluding hydrogens is 366 g/mol. The Hall–Kier alpha value is -2.58. The van der Waals surface area contributed by atoms with E-state index in [0.717, 1.165) is 5.56 Å². The maximum Gasteiger partial charge on any atom is 0.260 e. The summed E-state index contributed by atoms with van der Waals surface area (Å²) in [6.45, 7) is 3.07. The van der Waals surface area contributed by atoms with E-state index in [2.05, 4.69) is 0 Å². The quantitative estimate of drug-likeness (QED) is 0.782. The minimum absolute atomic E-state index is 0.0613. The van der Waals surface area contributed by atoms with Gasteiger partial charge in [0.25, 0.3) is 5.91 Å². The minimum atomic E-state index is -3.58. The summed E-state index contributed by atoms with van der Waals surface area (Å²) in [7, 11) is -3.58. The number of nitrogen functional groups attached to an aromatic ring is 1. The summed E-state index contributed by atoms with van der Waals surface area (Å²) in [5.41, 5.74) is 7.18. The van der Waals surface area contributed by atoms with E-state index in [4.69, 9.17) is 10.5 Å². The maximum absolute atomic E-state index is 12.7. The molecule has 0 unspecified atom stereocenters. The molecule has 144 valence electrons. The lowest BCUT2D eigenvalue weighted by Gasteiger charge is -2.34. The first-order valence-electron chi connectivity index (χ1n) is 8.69. The summed E-state index contributed by atoms with van der Waals surface area (Å²) in [6, 6.07) is 13.6. The van der Waals surface area contributed by atoms with E-state index in [1.54, 1.807) is 23.1 Å². The van der Waals surface area contributed by atoms with Gasteiger partial charge < -0.3 is 15.4 Å². The van der Waals surface area contributed by atoms with Crippen molar-refractivity contribution >= 4 is 21.6 Å². The molecule has 0 aliphatic carbocycles. The van der Waals surface area contributed by atoms with Gasteiger partial charge in [-0.25, -0.2) is 8.42 Å². The lowest BCUT2D eigenvalue weighted by atomic mass is 10.2. The van der Waals surface area contributed by atoms with Crippen LogP contribution in [0.3, 0.4) is 0 Å². The van der Waals surface area contributed by atoms with Gasteiger partial charge in [-0.05, 0) is 48.9 Å². The maximum atomic E-state index is 12.7. The number of benzene rings is 2. The smallest absolute Gasteiger partial charge is 0.260 e. The van der Waals surface area contributed by atoms with Crippen LogP contribution in [0.1, 0.15) is 5.56 Å². The molecule has 1 heterocycles. The average molecular weight is 389 g/mol. The van der Waals surface area contributed by atoms with E-state index >= 15 is 0 Å². The predicted octanol–water partition coefficient (Wildman–Crippen LogP) is 1.49. The van der Waals surface area contributed by atoms with Gasteiger partial charge in [0.15, 0.2) is 6.61 Å². The first kappa shape index (κ1) is 19.2. The number of hydrogen-bond donors (Lipinski definition) is 1. The molecule has 0 spiro atoms. The van der Waals surface area contributed by atoms with Crippen LogP contribution in [0.25, 0.3) is 0 Å². The fourth-order valence-corrected chi connectivity index (χ4v) is 4.33. The van der Waals surface area contributed by atoms with Gasteiger partial charge in [-0.1, -0.05) is 12.1 Å². The number of rotatable bonds is 5. The monoisotopic (exact) mass is 389 g/mol. The fraction of sp³-hybridized carbons (Fsp3) is 0.316. The summed E-state index contributed by atoms with van der Waals surface area (Å²) in [4.78, 5) is 14.2. The van der Waals surface area contributed by atoms with Crippen LogP contribution in [-0.4, -0.2) is 56.3 Å². The number of nitrogens with zero attached hydrogens (tertiary/aromatic N) is 2. The van der Waals surface area contributed by atoms with Crippen molar-refractivity contribution in [3.63, 3.8) is 0 Å². The number of carbonyl (C=O) groups is 1. The third-order valence-corrected chi connectivity index (χ3v) is 6.37. The molecular formula is C19H23N3O4S. The van der Waals surface area contributed by atoms with Gasteiger partial charge in [0.05, 0.1) is 4.90 Å². The second-order valence-corrected chi connectivity index (χ2v) is 8.40. The zero-order valence-corrected chi connectivity index (χ0v) is 16.0. The van der Waals surface area contributed by atoms with Crippen LogP contribution in [0.15, 0.2) is 53.4 Å². The van der Waals surface area contributed by atoms with Crippen LogP contribution in [0.2, 0.25) is 0 Å². The minimum Gasteiger partial charge on any atom is -0.484 e. The highest BCUT2D eigenvalue weighted by Crippen LogP contribution is 2.19. The molecule has 0 bridgehead atoms. The number of piperazine rings is 1. The van der Waals surface area contributed by atoms with Crippen molar-refractivity contribution in [1.82, 2.24) is 9.21 Å². The van der Waals surface area contributed by atoms with Crippen molar-refractivity contribution in [3.8, 4) is 5.75 Å². The molecule has 7 nitrogen and oxygen atoms in total. The number of carbonyl (C=O) groups excluding carboxylic acids is 1. The van der Waals surface area contributed by atoms with E-state index in [9.17, 15) is 13.2 Å². The Morgan fingerprint density at radius 2 is 1.74 bits per heavy atom. The van der Waals surface area contributed by atoms with Crippen LogP contribution in [0.5, 0.6) is 5.75 Å². The Bertz CT molecular complexity index is 905. The summed E-state index contributed by atoms with van der Waals surface area (Å²) in [6.07, 6.45) is 0. The second-order valence-electron chi connectivity index (χ2n) is 6.46. The molecule has 1 aliphatic rings. The largest absolute Gasteiger partial charge is 0.484 e. The molecule has 2 aromatic carbocycles. The predicted molar refractivity (Wildman–Crippen MR) is 103 cm³/mol. The molecule has 3 rings (SSSR count).